The maximum absolute atomic E-state index is 11.9. The lowest BCUT2D eigenvalue weighted by Gasteiger charge is -2.11. The molecule has 2 aromatic carbocycles. The number of H-pyrrole nitrogens is 2. The van der Waals surface area contributed by atoms with Crippen molar-refractivity contribution >= 4 is 27.7 Å². The molecule has 0 spiro atoms. The highest BCUT2D eigenvalue weighted by atomic mass is 16.1. The highest BCUT2D eigenvalue weighted by Crippen LogP contribution is 2.33. The molecule has 0 atom stereocenters. The fourth-order valence-electron chi connectivity index (χ4n) is 3.56. The molecule has 5 aromatic rings. The van der Waals surface area contributed by atoms with Crippen LogP contribution in [0.15, 0.2) is 54.9 Å². The number of primary amides is 1. The molecule has 0 radical (unpaired) electrons. The zero-order valence-corrected chi connectivity index (χ0v) is 14.5. The third-order valence-corrected chi connectivity index (χ3v) is 4.75. The van der Waals surface area contributed by atoms with Crippen LogP contribution in [0.4, 0.5) is 0 Å². The van der Waals surface area contributed by atoms with Crippen molar-refractivity contribution in [3.8, 4) is 16.8 Å². The average Bonchev–Trinajstić information content (AvgIpc) is 3.38. The van der Waals surface area contributed by atoms with Crippen LogP contribution in [0.3, 0.4) is 0 Å². The van der Waals surface area contributed by atoms with E-state index >= 15 is 0 Å². The van der Waals surface area contributed by atoms with Crippen LogP contribution in [0.5, 0.6) is 0 Å². The molecule has 0 fully saturated rings. The van der Waals surface area contributed by atoms with Crippen molar-refractivity contribution in [2.45, 2.75) is 6.92 Å². The summed E-state index contributed by atoms with van der Waals surface area (Å²) in [6, 6.07) is 13.9. The lowest BCUT2D eigenvalue weighted by molar-refractivity contribution is 0.0993. The average molecular weight is 356 g/mol. The van der Waals surface area contributed by atoms with E-state index in [4.69, 9.17) is 5.73 Å². The molecule has 5 rings (SSSR count). The predicted molar refractivity (Wildman–Crippen MR) is 104 cm³/mol. The zero-order chi connectivity index (χ0) is 18.5. The van der Waals surface area contributed by atoms with Gasteiger partial charge >= 0.3 is 0 Å². The van der Waals surface area contributed by atoms with Gasteiger partial charge in [0.25, 0.3) is 5.91 Å². The number of nitrogens with zero attached hydrogens (tertiary/aromatic N) is 3. The molecule has 0 aliphatic rings. The van der Waals surface area contributed by atoms with E-state index in [-0.39, 0.29) is 0 Å². The molecule has 0 aliphatic heterocycles. The molecule has 27 heavy (non-hydrogen) atoms. The molecule has 0 saturated heterocycles. The Morgan fingerprint density at radius 1 is 1.11 bits per heavy atom. The molecule has 0 bridgehead atoms. The molecule has 7 nitrogen and oxygen atoms in total. The number of hydrogen-bond acceptors (Lipinski definition) is 3. The van der Waals surface area contributed by atoms with Gasteiger partial charge in [0.05, 0.1) is 23.1 Å². The molecule has 0 aliphatic carbocycles. The van der Waals surface area contributed by atoms with Crippen LogP contribution in [-0.4, -0.2) is 30.9 Å². The third kappa shape index (κ3) is 2.32. The van der Waals surface area contributed by atoms with Crippen molar-refractivity contribution < 1.29 is 4.79 Å². The Balaban J connectivity index is 1.83. The second-order valence-corrected chi connectivity index (χ2v) is 6.52. The van der Waals surface area contributed by atoms with Crippen molar-refractivity contribution in [2.75, 3.05) is 0 Å². The first-order valence-corrected chi connectivity index (χ1v) is 8.52. The van der Waals surface area contributed by atoms with E-state index in [9.17, 15) is 4.79 Å². The number of benzene rings is 2. The van der Waals surface area contributed by atoms with Gasteiger partial charge in [-0.3, -0.25) is 9.89 Å². The van der Waals surface area contributed by atoms with Crippen LogP contribution in [0.1, 0.15) is 16.2 Å². The summed E-state index contributed by atoms with van der Waals surface area (Å²) in [6.07, 6.45) is 3.65. The standard InChI is InChI=1S/C20H16N6O/c1-11-7-19(20(21)27)26(25-11)18-9-12(8-17-15(18)10-23-24-17)13-3-2-4-16-14(13)5-6-22-16/h2-10,22H,1H3,(H2,21,27)(H,23,24). The number of rotatable bonds is 3. The van der Waals surface area contributed by atoms with Gasteiger partial charge in [0.1, 0.15) is 5.69 Å². The van der Waals surface area contributed by atoms with E-state index in [2.05, 4.69) is 26.3 Å². The Morgan fingerprint density at radius 3 is 2.85 bits per heavy atom. The first-order chi connectivity index (χ1) is 13.1. The number of fused-ring (bicyclic) bond motifs is 2. The molecular weight excluding hydrogens is 340 g/mol. The van der Waals surface area contributed by atoms with Crippen molar-refractivity contribution in [3.63, 3.8) is 0 Å². The fourth-order valence-corrected chi connectivity index (χ4v) is 3.56. The molecule has 0 saturated carbocycles. The zero-order valence-electron chi connectivity index (χ0n) is 14.5. The monoisotopic (exact) mass is 356 g/mol. The predicted octanol–water partition coefficient (Wildman–Crippen LogP) is 3.30. The normalized spacial score (nSPS) is 11.4. The van der Waals surface area contributed by atoms with Gasteiger partial charge in [0, 0.05) is 22.5 Å². The van der Waals surface area contributed by atoms with Crippen LogP contribution >= 0.6 is 0 Å². The fraction of sp³-hybridized carbons (Fsp3) is 0.0500. The largest absolute Gasteiger partial charge is 0.364 e. The lowest BCUT2D eigenvalue weighted by Crippen LogP contribution is -2.16. The number of carbonyl (C=O) groups is 1. The molecule has 7 heteroatoms. The van der Waals surface area contributed by atoms with Crippen LogP contribution in [0, 0.1) is 6.92 Å². The first-order valence-electron chi connectivity index (χ1n) is 8.52. The van der Waals surface area contributed by atoms with E-state index in [1.54, 1.807) is 16.9 Å². The number of nitrogens with one attached hydrogen (secondary N) is 2. The van der Waals surface area contributed by atoms with Crippen LogP contribution in [0.2, 0.25) is 0 Å². The van der Waals surface area contributed by atoms with Gasteiger partial charge in [-0.05, 0) is 48.4 Å². The maximum Gasteiger partial charge on any atom is 0.267 e. The van der Waals surface area contributed by atoms with Crippen molar-refractivity contribution in [1.82, 2.24) is 25.0 Å². The Labute approximate surface area is 153 Å². The van der Waals surface area contributed by atoms with E-state index in [1.165, 1.54) is 0 Å². The summed E-state index contributed by atoms with van der Waals surface area (Å²) in [4.78, 5) is 15.1. The molecule has 132 valence electrons. The highest BCUT2D eigenvalue weighted by molar-refractivity contribution is 6.00. The van der Waals surface area contributed by atoms with Crippen molar-refractivity contribution in [2.24, 2.45) is 5.73 Å². The molecule has 0 unspecified atom stereocenters. The molecule has 3 heterocycles. The first kappa shape index (κ1) is 15.4. The van der Waals surface area contributed by atoms with E-state index in [1.807, 2.05) is 43.5 Å². The topological polar surface area (TPSA) is 105 Å². The number of hydrogen-bond donors (Lipinski definition) is 3. The second kappa shape index (κ2) is 5.57. The van der Waals surface area contributed by atoms with Crippen LogP contribution in [0.25, 0.3) is 38.6 Å². The summed E-state index contributed by atoms with van der Waals surface area (Å²) in [5, 5.41) is 13.7. The number of nitrogens with two attached hydrogens (primary N) is 1. The van der Waals surface area contributed by atoms with Gasteiger partial charge in [-0.25, -0.2) is 4.68 Å². The lowest BCUT2D eigenvalue weighted by atomic mass is 9.99. The number of carbonyl (C=O) groups excluding carboxylic acids is 1. The van der Waals surface area contributed by atoms with Crippen molar-refractivity contribution in [3.05, 3.63) is 66.2 Å². The quantitative estimate of drug-likeness (QED) is 0.462. The minimum absolute atomic E-state index is 0.340. The van der Waals surface area contributed by atoms with Crippen LogP contribution in [-0.2, 0) is 0 Å². The summed E-state index contributed by atoms with van der Waals surface area (Å²) in [5.74, 6) is -0.523. The summed E-state index contributed by atoms with van der Waals surface area (Å²) in [7, 11) is 0. The van der Waals surface area contributed by atoms with E-state index in [0.717, 1.165) is 44.3 Å². The number of aromatic amines is 2. The number of aryl methyl sites for hydroxylation is 1. The Morgan fingerprint density at radius 2 is 2.00 bits per heavy atom. The number of amides is 1. The molecule has 1 amide bonds. The molecular formula is C20H16N6O. The third-order valence-electron chi connectivity index (χ3n) is 4.75. The van der Waals surface area contributed by atoms with Crippen LogP contribution < -0.4 is 5.73 Å². The Kier molecular flexibility index (Phi) is 3.17. The minimum atomic E-state index is -0.523. The van der Waals surface area contributed by atoms with Gasteiger partial charge in [-0.1, -0.05) is 12.1 Å². The minimum Gasteiger partial charge on any atom is -0.364 e. The Hall–Kier alpha value is -3.87. The highest BCUT2D eigenvalue weighted by Gasteiger charge is 2.17. The summed E-state index contributed by atoms with van der Waals surface area (Å²) < 4.78 is 1.59. The summed E-state index contributed by atoms with van der Waals surface area (Å²) >= 11 is 0. The van der Waals surface area contributed by atoms with Gasteiger partial charge in [-0.15, -0.1) is 0 Å². The number of aromatic nitrogens is 5. The van der Waals surface area contributed by atoms with Gasteiger partial charge in [-0.2, -0.15) is 10.2 Å². The second-order valence-electron chi connectivity index (χ2n) is 6.52. The SMILES string of the molecule is Cc1cc(C(N)=O)n(-c2cc(-c3cccc4[nH]ccc34)cc3[nH]ncc23)n1. The molecule has 3 aromatic heterocycles. The maximum atomic E-state index is 11.9. The van der Waals surface area contributed by atoms with E-state index < -0.39 is 5.91 Å². The summed E-state index contributed by atoms with van der Waals surface area (Å²) in [6.45, 7) is 1.83. The smallest absolute Gasteiger partial charge is 0.267 e. The van der Waals surface area contributed by atoms with Gasteiger partial charge < -0.3 is 10.7 Å². The van der Waals surface area contributed by atoms with Gasteiger partial charge in [0.15, 0.2) is 0 Å². The summed E-state index contributed by atoms with van der Waals surface area (Å²) in [5.41, 5.74) is 11.4. The van der Waals surface area contributed by atoms with Crippen molar-refractivity contribution in [1.29, 1.82) is 0 Å². The Bertz CT molecular complexity index is 1320. The van der Waals surface area contributed by atoms with E-state index in [0.29, 0.717) is 5.69 Å². The van der Waals surface area contributed by atoms with Gasteiger partial charge in [0.2, 0.25) is 0 Å². The molecule has 4 N–H and O–H groups in total.